The summed E-state index contributed by atoms with van der Waals surface area (Å²) in [5.41, 5.74) is 2.30. The summed E-state index contributed by atoms with van der Waals surface area (Å²) in [6.45, 7) is 0. The van der Waals surface area contributed by atoms with E-state index in [0.717, 1.165) is 11.4 Å². The molecular formula is C19H23N3O. The van der Waals surface area contributed by atoms with E-state index in [4.69, 9.17) is 0 Å². The number of pyridine rings is 1. The molecule has 0 bridgehead atoms. The summed E-state index contributed by atoms with van der Waals surface area (Å²) in [4.78, 5) is 16.5. The second-order valence-electron chi connectivity index (χ2n) is 6.12. The van der Waals surface area contributed by atoms with Crippen LogP contribution in [0, 0.1) is 0 Å². The predicted octanol–water partition coefficient (Wildman–Crippen LogP) is 4.47. The number of carbonyl (C=O) groups excluding carboxylic acids is 1. The summed E-state index contributed by atoms with van der Waals surface area (Å²) < 4.78 is 0. The zero-order chi connectivity index (χ0) is 15.9. The lowest BCUT2D eigenvalue weighted by Gasteiger charge is -2.17. The smallest absolute Gasteiger partial charge is 0.257 e. The van der Waals surface area contributed by atoms with Crippen LogP contribution in [0.25, 0.3) is 0 Å². The molecule has 2 N–H and O–H groups in total. The van der Waals surface area contributed by atoms with Crippen molar-refractivity contribution < 1.29 is 4.79 Å². The molecule has 0 aliphatic heterocycles. The number of aromatic nitrogens is 1. The highest BCUT2D eigenvalue weighted by atomic mass is 16.1. The maximum absolute atomic E-state index is 12.3. The average Bonchev–Trinajstić information content (AvgIpc) is 2.85. The molecule has 120 valence electrons. The minimum atomic E-state index is -0.131. The van der Waals surface area contributed by atoms with Gasteiger partial charge in [-0.05, 0) is 31.0 Å². The van der Waals surface area contributed by atoms with E-state index in [0.29, 0.717) is 11.6 Å². The zero-order valence-electron chi connectivity index (χ0n) is 13.3. The molecule has 0 spiro atoms. The highest BCUT2D eigenvalue weighted by molar-refractivity contribution is 6.04. The highest BCUT2D eigenvalue weighted by Crippen LogP contribution is 2.21. The lowest BCUT2D eigenvalue weighted by Crippen LogP contribution is -2.19. The van der Waals surface area contributed by atoms with Crippen LogP contribution >= 0.6 is 0 Å². The summed E-state index contributed by atoms with van der Waals surface area (Å²) in [5, 5.41) is 6.43. The van der Waals surface area contributed by atoms with Crippen molar-refractivity contribution in [2.75, 3.05) is 10.6 Å². The van der Waals surface area contributed by atoms with Gasteiger partial charge in [-0.15, -0.1) is 0 Å². The van der Waals surface area contributed by atoms with Crippen molar-refractivity contribution in [2.24, 2.45) is 0 Å². The predicted molar refractivity (Wildman–Crippen MR) is 93.7 cm³/mol. The Hall–Kier alpha value is -2.36. The van der Waals surface area contributed by atoms with Crippen LogP contribution in [0.4, 0.5) is 11.4 Å². The van der Waals surface area contributed by atoms with E-state index in [1.165, 1.54) is 38.5 Å². The first-order valence-corrected chi connectivity index (χ1v) is 8.39. The third-order valence-corrected chi connectivity index (χ3v) is 4.26. The van der Waals surface area contributed by atoms with E-state index in [2.05, 4.69) is 15.6 Å². The molecule has 1 fully saturated rings. The van der Waals surface area contributed by atoms with Crippen LogP contribution in [0.15, 0.2) is 48.8 Å². The molecule has 0 unspecified atom stereocenters. The molecule has 4 nitrogen and oxygen atoms in total. The van der Waals surface area contributed by atoms with Crippen molar-refractivity contribution in [3.8, 4) is 0 Å². The molecule has 0 saturated heterocycles. The molecule has 1 amide bonds. The Bertz CT molecular complexity index is 634. The van der Waals surface area contributed by atoms with Crippen molar-refractivity contribution in [1.29, 1.82) is 0 Å². The normalized spacial score (nSPS) is 15.7. The number of para-hydroxylation sites is 1. The Labute approximate surface area is 137 Å². The number of hydrogen-bond acceptors (Lipinski definition) is 3. The van der Waals surface area contributed by atoms with Gasteiger partial charge >= 0.3 is 0 Å². The molecule has 2 aromatic rings. The van der Waals surface area contributed by atoms with Crippen LogP contribution in [0.5, 0.6) is 0 Å². The fourth-order valence-corrected chi connectivity index (χ4v) is 3.03. The maximum atomic E-state index is 12.3. The third kappa shape index (κ3) is 4.55. The molecule has 3 rings (SSSR count). The topological polar surface area (TPSA) is 54.0 Å². The second kappa shape index (κ2) is 7.77. The fourth-order valence-electron chi connectivity index (χ4n) is 3.03. The van der Waals surface area contributed by atoms with Crippen LogP contribution in [0.3, 0.4) is 0 Å². The lowest BCUT2D eigenvalue weighted by molar-refractivity contribution is 0.102. The number of nitrogens with zero attached hydrogens (tertiary/aromatic N) is 1. The SMILES string of the molecule is O=C(Nc1ccccc1)c1cncc(NC2CCCCCC2)c1. The van der Waals surface area contributed by atoms with Crippen molar-refractivity contribution in [3.05, 3.63) is 54.4 Å². The van der Waals surface area contributed by atoms with E-state index in [9.17, 15) is 4.79 Å². The van der Waals surface area contributed by atoms with E-state index >= 15 is 0 Å². The van der Waals surface area contributed by atoms with Crippen LogP contribution in [0.1, 0.15) is 48.9 Å². The standard InChI is InChI=1S/C19H23N3O/c23-19(22-17-10-6-3-7-11-17)15-12-18(14-20-13-15)21-16-8-4-1-2-5-9-16/h3,6-7,10-14,16,21H,1-2,4-5,8-9H2,(H,22,23). The van der Waals surface area contributed by atoms with Gasteiger partial charge in [0.25, 0.3) is 5.91 Å². The number of benzene rings is 1. The Kier molecular flexibility index (Phi) is 5.25. The second-order valence-corrected chi connectivity index (χ2v) is 6.12. The Morgan fingerprint density at radius 2 is 1.70 bits per heavy atom. The Morgan fingerprint density at radius 3 is 2.43 bits per heavy atom. The van der Waals surface area contributed by atoms with Crippen LogP contribution in [0.2, 0.25) is 0 Å². The van der Waals surface area contributed by atoms with Gasteiger partial charge in [-0.1, -0.05) is 43.9 Å². The van der Waals surface area contributed by atoms with Gasteiger partial charge in [0.15, 0.2) is 0 Å². The first kappa shape index (κ1) is 15.5. The minimum absolute atomic E-state index is 0.131. The summed E-state index contributed by atoms with van der Waals surface area (Å²) in [6.07, 6.45) is 11.0. The van der Waals surface area contributed by atoms with E-state index in [1.807, 2.05) is 36.4 Å². The summed E-state index contributed by atoms with van der Waals surface area (Å²) >= 11 is 0. The van der Waals surface area contributed by atoms with Gasteiger partial charge in [0, 0.05) is 24.1 Å². The van der Waals surface area contributed by atoms with Crippen LogP contribution in [-0.2, 0) is 0 Å². The molecule has 1 aromatic carbocycles. The Balaban J connectivity index is 1.65. The number of carbonyl (C=O) groups is 1. The van der Waals surface area contributed by atoms with Gasteiger partial charge in [0.1, 0.15) is 0 Å². The molecule has 4 heteroatoms. The number of anilines is 2. The minimum Gasteiger partial charge on any atom is -0.381 e. The van der Waals surface area contributed by atoms with Gasteiger partial charge in [0.05, 0.1) is 11.3 Å². The lowest BCUT2D eigenvalue weighted by atomic mass is 10.1. The van der Waals surface area contributed by atoms with Gasteiger partial charge < -0.3 is 10.6 Å². The first-order valence-electron chi connectivity index (χ1n) is 8.39. The molecule has 0 radical (unpaired) electrons. The molecule has 23 heavy (non-hydrogen) atoms. The third-order valence-electron chi connectivity index (χ3n) is 4.26. The van der Waals surface area contributed by atoms with Gasteiger partial charge in [-0.2, -0.15) is 0 Å². The summed E-state index contributed by atoms with van der Waals surface area (Å²) in [5.74, 6) is -0.131. The van der Waals surface area contributed by atoms with Gasteiger partial charge in [-0.3, -0.25) is 9.78 Å². The van der Waals surface area contributed by atoms with E-state index in [1.54, 1.807) is 12.4 Å². The van der Waals surface area contributed by atoms with Crippen LogP contribution in [-0.4, -0.2) is 16.9 Å². The number of rotatable bonds is 4. The molecule has 1 aromatic heterocycles. The maximum Gasteiger partial charge on any atom is 0.257 e. The quantitative estimate of drug-likeness (QED) is 0.819. The van der Waals surface area contributed by atoms with Gasteiger partial charge in [0.2, 0.25) is 0 Å². The van der Waals surface area contributed by atoms with E-state index in [-0.39, 0.29) is 5.91 Å². The highest BCUT2D eigenvalue weighted by Gasteiger charge is 2.13. The largest absolute Gasteiger partial charge is 0.381 e. The molecule has 1 aliphatic rings. The molecule has 1 aliphatic carbocycles. The van der Waals surface area contributed by atoms with Crippen molar-refractivity contribution >= 4 is 17.3 Å². The van der Waals surface area contributed by atoms with Crippen LogP contribution < -0.4 is 10.6 Å². The fraction of sp³-hybridized carbons (Fsp3) is 0.368. The summed E-state index contributed by atoms with van der Waals surface area (Å²) in [6, 6.07) is 11.9. The molecular weight excluding hydrogens is 286 g/mol. The van der Waals surface area contributed by atoms with Crippen molar-refractivity contribution in [2.45, 2.75) is 44.6 Å². The van der Waals surface area contributed by atoms with E-state index < -0.39 is 0 Å². The average molecular weight is 309 g/mol. The monoisotopic (exact) mass is 309 g/mol. The Morgan fingerprint density at radius 1 is 0.957 bits per heavy atom. The number of hydrogen-bond donors (Lipinski definition) is 2. The van der Waals surface area contributed by atoms with Crippen molar-refractivity contribution in [1.82, 2.24) is 4.98 Å². The molecule has 0 atom stereocenters. The van der Waals surface area contributed by atoms with Crippen molar-refractivity contribution in [3.63, 3.8) is 0 Å². The zero-order valence-corrected chi connectivity index (χ0v) is 13.3. The number of nitrogens with one attached hydrogen (secondary N) is 2. The van der Waals surface area contributed by atoms with Gasteiger partial charge in [-0.25, -0.2) is 0 Å². The number of amides is 1. The summed E-state index contributed by atoms with van der Waals surface area (Å²) in [7, 11) is 0. The molecule has 1 saturated carbocycles. The first-order chi connectivity index (χ1) is 11.3. The molecule has 1 heterocycles.